The Labute approximate surface area is 120 Å². The van der Waals surface area contributed by atoms with E-state index in [-0.39, 0.29) is 17.1 Å². The summed E-state index contributed by atoms with van der Waals surface area (Å²) in [4.78, 5) is 12.7. The number of amides is 1. The van der Waals surface area contributed by atoms with Gasteiger partial charge in [-0.3, -0.25) is 4.79 Å². The summed E-state index contributed by atoms with van der Waals surface area (Å²) in [6.45, 7) is 5.71. The molecule has 0 spiro atoms. The third kappa shape index (κ3) is 2.96. The van der Waals surface area contributed by atoms with Crippen LogP contribution >= 0.6 is 0 Å². The Hall–Kier alpha value is -1.55. The van der Waals surface area contributed by atoms with Gasteiger partial charge in [0.25, 0.3) is 0 Å². The van der Waals surface area contributed by atoms with Crippen molar-refractivity contribution in [1.29, 1.82) is 0 Å². The summed E-state index contributed by atoms with van der Waals surface area (Å²) in [6.07, 6.45) is 3.61. The van der Waals surface area contributed by atoms with Crippen LogP contribution < -0.4 is 10.6 Å². The molecule has 20 heavy (non-hydrogen) atoms. The van der Waals surface area contributed by atoms with Crippen LogP contribution in [0.15, 0.2) is 18.2 Å². The fourth-order valence-electron chi connectivity index (χ4n) is 2.99. The van der Waals surface area contributed by atoms with Crippen molar-refractivity contribution in [3.8, 4) is 5.75 Å². The zero-order valence-electron chi connectivity index (χ0n) is 12.3. The number of hydrogen-bond donors (Lipinski definition) is 3. The molecular formula is C16H24N2O2. The Morgan fingerprint density at radius 1 is 1.40 bits per heavy atom. The van der Waals surface area contributed by atoms with Gasteiger partial charge in [0.05, 0.1) is 11.1 Å². The van der Waals surface area contributed by atoms with Crippen molar-refractivity contribution in [2.24, 2.45) is 5.41 Å². The van der Waals surface area contributed by atoms with Crippen molar-refractivity contribution in [2.75, 3.05) is 18.4 Å². The first-order valence-electron chi connectivity index (χ1n) is 7.40. The van der Waals surface area contributed by atoms with Crippen LogP contribution in [0.1, 0.15) is 38.2 Å². The highest BCUT2D eigenvalue weighted by Crippen LogP contribution is 2.36. The van der Waals surface area contributed by atoms with Crippen LogP contribution in [0.3, 0.4) is 0 Å². The van der Waals surface area contributed by atoms with E-state index in [0.29, 0.717) is 5.69 Å². The molecule has 2 rings (SSSR count). The molecule has 1 aliphatic rings. The lowest BCUT2D eigenvalue weighted by Crippen LogP contribution is -2.44. The summed E-state index contributed by atoms with van der Waals surface area (Å²) in [5.41, 5.74) is 0.998. The molecule has 1 aromatic rings. The fraction of sp³-hybridized carbons (Fsp3) is 0.562. The molecule has 3 N–H and O–H groups in total. The number of anilines is 1. The van der Waals surface area contributed by atoms with Crippen LogP contribution in [0.4, 0.5) is 5.69 Å². The average molecular weight is 276 g/mol. The summed E-state index contributed by atoms with van der Waals surface area (Å²) in [5, 5.41) is 16.3. The Bertz CT molecular complexity index is 474. The van der Waals surface area contributed by atoms with E-state index in [1.807, 2.05) is 19.1 Å². The SMILES string of the molecule is CCCC1(C(=O)Nc2cccc(C)c2O)CCNCC1. The second-order valence-corrected chi connectivity index (χ2v) is 5.71. The van der Waals surface area contributed by atoms with E-state index in [1.165, 1.54) is 0 Å². The van der Waals surface area contributed by atoms with Crippen LogP contribution in [0.25, 0.3) is 0 Å². The van der Waals surface area contributed by atoms with Crippen molar-refractivity contribution < 1.29 is 9.90 Å². The minimum atomic E-state index is -0.295. The Morgan fingerprint density at radius 2 is 2.10 bits per heavy atom. The summed E-state index contributed by atoms with van der Waals surface area (Å²) < 4.78 is 0. The molecule has 1 aliphatic heterocycles. The maximum atomic E-state index is 12.7. The van der Waals surface area contributed by atoms with Crippen LogP contribution in [-0.4, -0.2) is 24.1 Å². The molecular weight excluding hydrogens is 252 g/mol. The van der Waals surface area contributed by atoms with E-state index in [1.54, 1.807) is 6.07 Å². The smallest absolute Gasteiger partial charge is 0.230 e. The van der Waals surface area contributed by atoms with Crippen LogP contribution in [-0.2, 0) is 4.79 Å². The first-order chi connectivity index (χ1) is 9.59. The second kappa shape index (κ2) is 6.27. The lowest BCUT2D eigenvalue weighted by atomic mass is 9.74. The van der Waals surface area contributed by atoms with E-state index < -0.39 is 0 Å². The summed E-state index contributed by atoms with van der Waals surface area (Å²) in [5.74, 6) is 0.211. The molecule has 4 nitrogen and oxygen atoms in total. The molecule has 1 fully saturated rings. The second-order valence-electron chi connectivity index (χ2n) is 5.71. The predicted octanol–water partition coefficient (Wildman–Crippen LogP) is 2.81. The number of aryl methyl sites for hydroxylation is 1. The standard InChI is InChI=1S/C16H24N2O2/c1-3-7-16(8-10-17-11-9-16)15(20)18-13-6-4-5-12(2)14(13)19/h4-6,17,19H,3,7-11H2,1-2H3,(H,18,20). The summed E-state index contributed by atoms with van der Waals surface area (Å²) >= 11 is 0. The van der Waals surface area contributed by atoms with Crippen molar-refractivity contribution in [2.45, 2.75) is 39.5 Å². The number of benzene rings is 1. The Balaban J connectivity index is 2.18. The minimum Gasteiger partial charge on any atom is -0.505 e. The maximum Gasteiger partial charge on any atom is 0.230 e. The molecule has 1 amide bonds. The average Bonchev–Trinajstić information content (AvgIpc) is 2.45. The fourth-order valence-corrected chi connectivity index (χ4v) is 2.99. The van der Waals surface area contributed by atoms with Gasteiger partial charge in [0.1, 0.15) is 5.75 Å². The Kier molecular flexibility index (Phi) is 4.65. The minimum absolute atomic E-state index is 0.0433. The van der Waals surface area contributed by atoms with E-state index >= 15 is 0 Å². The number of phenolic OH excluding ortho intramolecular Hbond substituents is 1. The molecule has 0 radical (unpaired) electrons. The zero-order valence-corrected chi connectivity index (χ0v) is 12.3. The molecule has 4 heteroatoms. The van der Waals surface area contributed by atoms with Gasteiger partial charge < -0.3 is 15.7 Å². The monoisotopic (exact) mass is 276 g/mol. The van der Waals surface area contributed by atoms with E-state index in [0.717, 1.165) is 44.3 Å². The topological polar surface area (TPSA) is 61.4 Å². The number of phenols is 1. The zero-order chi connectivity index (χ0) is 14.6. The Morgan fingerprint density at radius 3 is 2.75 bits per heavy atom. The van der Waals surface area contributed by atoms with Crippen LogP contribution in [0.2, 0.25) is 0 Å². The van der Waals surface area contributed by atoms with Crippen molar-refractivity contribution in [3.05, 3.63) is 23.8 Å². The maximum absolute atomic E-state index is 12.7. The molecule has 110 valence electrons. The molecule has 1 aromatic carbocycles. The number of carbonyl (C=O) groups is 1. The highest BCUT2D eigenvalue weighted by molar-refractivity contribution is 5.96. The number of hydrogen-bond acceptors (Lipinski definition) is 3. The molecule has 0 aromatic heterocycles. The number of nitrogens with one attached hydrogen (secondary N) is 2. The summed E-state index contributed by atoms with van der Waals surface area (Å²) in [6, 6.07) is 5.43. The normalized spacial score (nSPS) is 17.7. The number of carbonyl (C=O) groups excluding carboxylic acids is 1. The van der Waals surface area contributed by atoms with Gasteiger partial charge in [-0.05, 0) is 50.9 Å². The van der Waals surface area contributed by atoms with Gasteiger partial charge in [-0.25, -0.2) is 0 Å². The molecule has 0 aliphatic carbocycles. The predicted molar refractivity (Wildman–Crippen MR) is 80.9 cm³/mol. The number of aromatic hydroxyl groups is 1. The lowest BCUT2D eigenvalue weighted by molar-refractivity contribution is -0.127. The first-order valence-corrected chi connectivity index (χ1v) is 7.40. The van der Waals surface area contributed by atoms with Gasteiger partial charge in [0.15, 0.2) is 0 Å². The largest absolute Gasteiger partial charge is 0.505 e. The van der Waals surface area contributed by atoms with E-state index in [4.69, 9.17) is 0 Å². The quantitative estimate of drug-likeness (QED) is 0.741. The van der Waals surface area contributed by atoms with Crippen molar-refractivity contribution in [3.63, 3.8) is 0 Å². The molecule has 0 atom stereocenters. The van der Waals surface area contributed by atoms with Gasteiger partial charge in [-0.2, -0.15) is 0 Å². The highest BCUT2D eigenvalue weighted by atomic mass is 16.3. The van der Waals surface area contributed by atoms with Crippen molar-refractivity contribution in [1.82, 2.24) is 5.32 Å². The third-order valence-corrected chi connectivity index (χ3v) is 4.26. The molecule has 0 saturated carbocycles. The van der Waals surface area contributed by atoms with Gasteiger partial charge in [0, 0.05) is 0 Å². The first kappa shape index (κ1) is 14.9. The number of rotatable bonds is 4. The number of piperidine rings is 1. The lowest BCUT2D eigenvalue weighted by Gasteiger charge is -2.36. The third-order valence-electron chi connectivity index (χ3n) is 4.26. The van der Waals surface area contributed by atoms with E-state index in [2.05, 4.69) is 17.6 Å². The number of para-hydroxylation sites is 1. The van der Waals surface area contributed by atoms with Crippen LogP contribution in [0, 0.1) is 12.3 Å². The van der Waals surface area contributed by atoms with Gasteiger partial charge in [-0.15, -0.1) is 0 Å². The van der Waals surface area contributed by atoms with Gasteiger partial charge in [0.2, 0.25) is 5.91 Å². The van der Waals surface area contributed by atoms with Crippen molar-refractivity contribution >= 4 is 11.6 Å². The van der Waals surface area contributed by atoms with Crippen LogP contribution in [0.5, 0.6) is 5.75 Å². The molecule has 0 bridgehead atoms. The molecule has 1 saturated heterocycles. The summed E-state index contributed by atoms with van der Waals surface area (Å²) in [7, 11) is 0. The molecule has 0 unspecified atom stereocenters. The highest BCUT2D eigenvalue weighted by Gasteiger charge is 2.38. The molecule has 1 heterocycles. The van der Waals surface area contributed by atoms with Gasteiger partial charge in [-0.1, -0.05) is 25.5 Å². The van der Waals surface area contributed by atoms with Gasteiger partial charge >= 0.3 is 0 Å². The van der Waals surface area contributed by atoms with E-state index in [9.17, 15) is 9.90 Å².